The lowest BCUT2D eigenvalue weighted by atomic mass is 9.83. The van der Waals surface area contributed by atoms with Gasteiger partial charge in [-0.15, -0.1) is 0 Å². The molecule has 1 atom stereocenters. The maximum absolute atomic E-state index is 14.5. The number of nitrogens with zero attached hydrogens (tertiary/aromatic N) is 2. The molecular formula is C25H26FI2N5O3. The predicted molar refractivity (Wildman–Crippen MR) is 153 cm³/mol. The predicted octanol–water partition coefficient (Wildman–Crippen LogP) is 5.98. The number of hydrogen-bond donors (Lipinski definition) is 3. The van der Waals surface area contributed by atoms with Crippen LogP contribution in [0.3, 0.4) is 0 Å². The molecular weight excluding hydrogens is 691 g/mol. The first-order chi connectivity index (χ1) is 17.5. The van der Waals surface area contributed by atoms with Crippen molar-refractivity contribution in [1.82, 2.24) is 18.4 Å². The quantitative estimate of drug-likeness (QED) is 0.206. The summed E-state index contributed by atoms with van der Waals surface area (Å²) in [6.07, 6.45) is 6.56. The molecule has 36 heavy (non-hydrogen) atoms. The highest BCUT2D eigenvalue weighted by Gasteiger charge is 2.35. The van der Waals surface area contributed by atoms with Crippen LogP contribution in [-0.4, -0.2) is 45.7 Å². The first-order valence-corrected chi connectivity index (χ1v) is 13.6. The van der Waals surface area contributed by atoms with E-state index >= 15 is 0 Å². The number of fused-ring (bicyclic) bond motifs is 1. The van der Waals surface area contributed by atoms with Crippen molar-refractivity contribution < 1.29 is 17.0 Å². The summed E-state index contributed by atoms with van der Waals surface area (Å²) in [5.74, 6) is 0.698. The van der Waals surface area contributed by atoms with Gasteiger partial charge in [-0.3, -0.25) is 9.78 Å². The molecule has 8 nitrogen and oxygen atoms in total. The van der Waals surface area contributed by atoms with E-state index in [1.165, 1.54) is 13.2 Å². The van der Waals surface area contributed by atoms with Gasteiger partial charge in [0.05, 0.1) is 35.9 Å². The number of halogens is 3. The molecule has 1 saturated heterocycles. The molecule has 3 N–H and O–H groups in total. The fourth-order valence-corrected chi connectivity index (χ4v) is 6.04. The summed E-state index contributed by atoms with van der Waals surface area (Å²) in [5.41, 5.74) is 3.84. The highest BCUT2D eigenvalue weighted by atomic mass is 127. The molecule has 1 amide bonds. The molecule has 1 aromatic carbocycles. The minimum Gasteiger partial charge on any atom is -0.492 e. The SMILES string of the molecule is COc1c(F)cccc1Nc1c(-c2ccncc2OI)[nH]c2c1C(=O)NCC2CC1CCN(I)CC1. The van der Waals surface area contributed by atoms with E-state index in [1.54, 1.807) is 24.5 Å². The first kappa shape index (κ1) is 25.5. The molecule has 4 heterocycles. The van der Waals surface area contributed by atoms with Gasteiger partial charge in [-0.2, -0.15) is 0 Å². The van der Waals surface area contributed by atoms with Gasteiger partial charge in [-0.25, -0.2) is 7.50 Å². The zero-order valence-electron chi connectivity index (χ0n) is 19.6. The van der Waals surface area contributed by atoms with Crippen molar-refractivity contribution in [2.75, 3.05) is 32.1 Å². The van der Waals surface area contributed by atoms with Gasteiger partial charge in [-0.05, 0) is 43.4 Å². The van der Waals surface area contributed by atoms with Crippen LogP contribution in [0.2, 0.25) is 0 Å². The van der Waals surface area contributed by atoms with Gasteiger partial charge >= 0.3 is 0 Å². The number of benzene rings is 1. The maximum Gasteiger partial charge on any atom is 0.255 e. The highest BCUT2D eigenvalue weighted by Crippen LogP contribution is 2.45. The van der Waals surface area contributed by atoms with Crippen LogP contribution >= 0.6 is 45.9 Å². The fourth-order valence-electron chi connectivity index (χ4n) is 5.13. The summed E-state index contributed by atoms with van der Waals surface area (Å²) in [5, 5.41) is 6.39. The second kappa shape index (κ2) is 11.1. The van der Waals surface area contributed by atoms with Gasteiger partial charge in [0, 0.05) is 65.9 Å². The third-order valence-corrected chi connectivity index (χ3v) is 8.36. The largest absolute Gasteiger partial charge is 0.492 e. The molecule has 1 unspecified atom stereocenters. The first-order valence-electron chi connectivity index (χ1n) is 11.8. The molecule has 2 aliphatic heterocycles. The summed E-state index contributed by atoms with van der Waals surface area (Å²) >= 11 is 4.21. The van der Waals surface area contributed by atoms with Gasteiger partial charge in [-0.1, -0.05) is 6.07 Å². The smallest absolute Gasteiger partial charge is 0.255 e. The summed E-state index contributed by atoms with van der Waals surface area (Å²) in [6, 6.07) is 6.51. The number of anilines is 2. The number of ether oxygens (including phenoxy) is 1. The molecule has 0 aliphatic carbocycles. The standard InChI is InChI=1S/C25H26FI2N5O3/c1-35-24-17(26)3-2-4-18(24)31-23-20-21(32-22(23)16-5-8-29-13-19(16)36-28)15(12-30-25(20)34)11-14-6-9-33(27)10-7-14/h2-5,8,13-15,31-32H,6-7,9-12H2,1H3,(H,30,34). The Kier molecular flexibility index (Phi) is 7.86. The Morgan fingerprint density at radius 3 is 2.83 bits per heavy atom. The monoisotopic (exact) mass is 717 g/mol. The number of carbonyl (C=O) groups is 1. The van der Waals surface area contributed by atoms with E-state index in [1.807, 2.05) is 29.1 Å². The van der Waals surface area contributed by atoms with Gasteiger partial charge in [0.25, 0.3) is 5.91 Å². The molecule has 0 saturated carbocycles. The molecule has 2 aliphatic rings. The average molecular weight is 717 g/mol. The fraction of sp³-hybridized carbons (Fsp3) is 0.360. The van der Waals surface area contributed by atoms with E-state index in [4.69, 9.17) is 7.80 Å². The van der Waals surface area contributed by atoms with Crippen molar-refractivity contribution in [3.63, 3.8) is 0 Å². The lowest BCUT2D eigenvalue weighted by molar-refractivity contribution is 0.0937. The Morgan fingerprint density at radius 2 is 2.08 bits per heavy atom. The van der Waals surface area contributed by atoms with Crippen molar-refractivity contribution >= 4 is 63.2 Å². The van der Waals surface area contributed by atoms with Gasteiger partial charge in [0.1, 0.15) is 0 Å². The van der Waals surface area contributed by atoms with Crippen LogP contribution in [0, 0.1) is 11.7 Å². The maximum atomic E-state index is 14.5. The number of carbonyl (C=O) groups excluding carboxylic acids is 1. The number of methoxy groups -OCH3 is 1. The number of rotatable bonds is 7. The van der Waals surface area contributed by atoms with Gasteiger partial charge < -0.3 is 23.4 Å². The Labute approximate surface area is 236 Å². The lowest BCUT2D eigenvalue weighted by Gasteiger charge is -2.32. The lowest BCUT2D eigenvalue weighted by Crippen LogP contribution is -2.36. The highest BCUT2D eigenvalue weighted by molar-refractivity contribution is 14.1. The number of nitrogens with one attached hydrogen (secondary N) is 3. The topological polar surface area (TPSA) is 91.5 Å². The molecule has 190 valence electrons. The van der Waals surface area contributed by atoms with E-state index in [2.05, 4.69) is 46.6 Å². The van der Waals surface area contributed by atoms with Crippen LogP contribution in [0.4, 0.5) is 15.8 Å². The Hall–Kier alpha value is -2.13. The molecule has 0 radical (unpaired) electrons. The number of aromatic amines is 1. The zero-order valence-corrected chi connectivity index (χ0v) is 23.9. The number of para-hydroxylation sites is 1. The van der Waals surface area contributed by atoms with E-state index in [-0.39, 0.29) is 17.6 Å². The number of hydrogen-bond acceptors (Lipinski definition) is 6. The Balaban J connectivity index is 1.62. The van der Waals surface area contributed by atoms with Crippen LogP contribution in [0.25, 0.3) is 11.3 Å². The number of pyridine rings is 1. The molecule has 5 rings (SSSR count). The number of H-pyrrole nitrogens is 1. The van der Waals surface area contributed by atoms with Crippen LogP contribution in [0.5, 0.6) is 11.5 Å². The molecule has 1 fully saturated rings. The number of amides is 1. The second-order valence-electron chi connectivity index (χ2n) is 9.05. The summed E-state index contributed by atoms with van der Waals surface area (Å²) in [6.45, 7) is 2.73. The van der Waals surface area contributed by atoms with Crippen molar-refractivity contribution in [3.8, 4) is 22.8 Å². The van der Waals surface area contributed by atoms with E-state index in [0.29, 0.717) is 40.8 Å². The van der Waals surface area contributed by atoms with Gasteiger partial charge in [0.2, 0.25) is 0 Å². The van der Waals surface area contributed by atoms with E-state index in [0.717, 1.165) is 43.6 Å². The molecule has 0 spiro atoms. The molecule has 3 aromatic rings. The van der Waals surface area contributed by atoms with Crippen LogP contribution in [-0.2, 0) is 0 Å². The third kappa shape index (κ3) is 5.01. The zero-order chi connectivity index (χ0) is 25.2. The average Bonchev–Trinajstić information content (AvgIpc) is 3.27. The summed E-state index contributed by atoms with van der Waals surface area (Å²) in [7, 11) is 1.42. The van der Waals surface area contributed by atoms with E-state index in [9.17, 15) is 9.18 Å². The molecule has 0 bridgehead atoms. The van der Waals surface area contributed by atoms with Crippen molar-refractivity contribution in [3.05, 3.63) is 53.7 Å². The molecule has 2 aromatic heterocycles. The van der Waals surface area contributed by atoms with E-state index < -0.39 is 5.82 Å². The van der Waals surface area contributed by atoms with Crippen LogP contribution < -0.4 is 18.4 Å². The normalized spacial score (nSPS) is 18.4. The van der Waals surface area contributed by atoms with Crippen LogP contribution in [0.1, 0.15) is 41.2 Å². The number of aromatic nitrogens is 2. The second-order valence-corrected chi connectivity index (χ2v) is 10.9. The third-order valence-electron chi connectivity index (χ3n) is 6.92. The van der Waals surface area contributed by atoms with Gasteiger partial charge in [0.15, 0.2) is 40.3 Å². The van der Waals surface area contributed by atoms with Crippen molar-refractivity contribution in [1.29, 1.82) is 0 Å². The Bertz CT molecular complexity index is 1260. The minimum absolute atomic E-state index is 0.0804. The summed E-state index contributed by atoms with van der Waals surface area (Å²) < 4.78 is 27.7. The number of piperidine rings is 1. The minimum atomic E-state index is -0.488. The van der Waals surface area contributed by atoms with Crippen molar-refractivity contribution in [2.24, 2.45) is 5.92 Å². The van der Waals surface area contributed by atoms with Crippen molar-refractivity contribution in [2.45, 2.75) is 25.2 Å². The summed E-state index contributed by atoms with van der Waals surface area (Å²) in [4.78, 5) is 21.0. The Morgan fingerprint density at radius 1 is 1.28 bits per heavy atom. The van der Waals surface area contributed by atoms with Crippen LogP contribution in [0.15, 0.2) is 36.7 Å². The molecule has 11 heteroatoms.